The molecule has 2 aromatic carbocycles. The van der Waals surface area contributed by atoms with Crippen LogP contribution < -0.4 is 14.8 Å². The Morgan fingerprint density at radius 3 is 2.42 bits per heavy atom. The lowest BCUT2D eigenvalue weighted by molar-refractivity contribution is 0.286. The van der Waals surface area contributed by atoms with Crippen molar-refractivity contribution in [3.8, 4) is 11.5 Å². The lowest BCUT2D eigenvalue weighted by Crippen LogP contribution is -2.30. The molecule has 0 fully saturated rings. The van der Waals surface area contributed by atoms with Gasteiger partial charge in [-0.2, -0.15) is 0 Å². The van der Waals surface area contributed by atoms with Crippen LogP contribution in [0, 0.1) is 0 Å². The number of ether oxygens (including phenoxy) is 2. The van der Waals surface area contributed by atoms with Gasteiger partial charge in [-0.25, -0.2) is 0 Å². The summed E-state index contributed by atoms with van der Waals surface area (Å²) in [5.41, 5.74) is 3.52. The normalized spacial score (nSPS) is 16.4. The monoisotopic (exact) mass is 393 g/mol. The van der Waals surface area contributed by atoms with E-state index >= 15 is 0 Å². The molecule has 1 N–H and O–H groups in total. The number of benzene rings is 2. The van der Waals surface area contributed by atoms with Crippen LogP contribution in [0.25, 0.3) is 6.08 Å². The molecular formula is C21H25Cl2NO2. The molecule has 2 aromatic rings. The lowest BCUT2D eigenvalue weighted by Gasteiger charge is -2.28. The van der Waals surface area contributed by atoms with Crippen LogP contribution in [0.4, 0.5) is 0 Å². The van der Waals surface area contributed by atoms with Gasteiger partial charge in [-0.05, 0) is 55.2 Å². The van der Waals surface area contributed by atoms with Gasteiger partial charge >= 0.3 is 0 Å². The van der Waals surface area contributed by atoms with Crippen LogP contribution in [0.5, 0.6) is 11.5 Å². The summed E-state index contributed by atoms with van der Waals surface area (Å²) in [5, 5.41) is 4.30. The summed E-state index contributed by atoms with van der Waals surface area (Å²) >= 11 is 6.68. The Balaban J connectivity index is 0.00000243. The largest absolute Gasteiger partial charge is 0.490 e. The minimum atomic E-state index is -0.0273. The van der Waals surface area contributed by atoms with Crippen molar-refractivity contribution >= 4 is 30.1 Å². The summed E-state index contributed by atoms with van der Waals surface area (Å²) in [7, 11) is 0. The van der Waals surface area contributed by atoms with Crippen LogP contribution in [-0.4, -0.2) is 19.8 Å². The smallest absolute Gasteiger partial charge is 0.161 e. The van der Waals surface area contributed by atoms with E-state index in [0.717, 1.165) is 40.6 Å². The van der Waals surface area contributed by atoms with Crippen molar-refractivity contribution in [2.45, 2.75) is 26.3 Å². The summed E-state index contributed by atoms with van der Waals surface area (Å²) in [5.74, 6) is 1.59. The van der Waals surface area contributed by atoms with E-state index in [4.69, 9.17) is 21.1 Å². The van der Waals surface area contributed by atoms with Crippen molar-refractivity contribution in [3.63, 3.8) is 0 Å². The van der Waals surface area contributed by atoms with Crippen LogP contribution in [0.1, 0.15) is 36.6 Å². The molecule has 1 atom stereocenters. The number of fused-ring (bicyclic) bond motifs is 1. The molecule has 0 radical (unpaired) electrons. The lowest BCUT2D eigenvalue weighted by atomic mass is 9.92. The molecule has 0 saturated carbocycles. The Morgan fingerprint density at radius 2 is 1.77 bits per heavy atom. The molecule has 0 aromatic heterocycles. The Hall–Kier alpha value is -1.68. The Bertz CT molecular complexity index is 747. The fraction of sp³-hybridized carbons (Fsp3) is 0.333. The van der Waals surface area contributed by atoms with Gasteiger partial charge in [-0.1, -0.05) is 41.9 Å². The molecule has 0 aliphatic carbocycles. The van der Waals surface area contributed by atoms with Crippen molar-refractivity contribution < 1.29 is 9.47 Å². The van der Waals surface area contributed by atoms with Crippen LogP contribution in [0.2, 0.25) is 0 Å². The molecule has 1 unspecified atom stereocenters. The minimum Gasteiger partial charge on any atom is -0.490 e. The molecule has 26 heavy (non-hydrogen) atoms. The van der Waals surface area contributed by atoms with E-state index in [9.17, 15) is 0 Å². The van der Waals surface area contributed by atoms with Crippen LogP contribution >= 0.6 is 24.0 Å². The van der Waals surface area contributed by atoms with E-state index in [1.165, 1.54) is 5.56 Å². The first-order valence-corrected chi connectivity index (χ1v) is 9.18. The highest BCUT2D eigenvalue weighted by Crippen LogP contribution is 2.39. The van der Waals surface area contributed by atoms with Crippen LogP contribution in [-0.2, 0) is 6.42 Å². The maximum Gasteiger partial charge on any atom is 0.161 e. The maximum atomic E-state index is 6.68. The maximum absolute atomic E-state index is 6.68. The Labute approximate surface area is 166 Å². The third-order valence-corrected chi connectivity index (χ3v) is 4.57. The second-order valence-corrected chi connectivity index (χ2v) is 6.38. The second-order valence-electron chi connectivity index (χ2n) is 5.94. The quantitative estimate of drug-likeness (QED) is 0.714. The van der Waals surface area contributed by atoms with E-state index in [-0.39, 0.29) is 18.4 Å². The molecule has 1 heterocycles. The zero-order chi connectivity index (χ0) is 17.6. The third kappa shape index (κ3) is 4.73. The molecule has 0 bridgehead atoms. The van der Waals surface area contributed by atoms with E-state index in [1.54, 1.807) is 0 Å². The molecule has 0 amide bonds. The highest BCUT2D eigenvalue weighted by Gasteiger charge is 2.25. The van der Waals surface area contributed by atoms with E-state index in [1.807, 2.05) is 38.1 Å². The summed E-state index contributed by atoms with van der Waals surface area (Å²) in [4.78, 5) is 0. The molecule has 3 nitrogen and oxygen atoms in total. The molecule has 0 saturated heterocycles. The average Bonchev–Trinajstić information content (AvgIpc) is 2.63. The van der Waals surface area contributed by atoms with Gasteiger partial charge in [0.2, 0.25) is 0 Å². The van der Waals surface area contributed by atoms with Crippen molar-refractivity contribution in [1.29, 1.82) is 0 Å². The molecule has 140 valence electrons. The molecule has 1 aliphatic heterocycles. The average molecular weight is 394 g/mol. The van der Waals surface area contributed by atoms with Gasteiger partial charge in [0.1, 0.15) is 0 Å². The summed E-state index contributed by atoms with van der Waals surface area (Å²) in [6.45, 7) is 6.07. The summed E-state index contributed by atoms with van der Waals surface area (Å²) in [6, 6.07) is 14.3. The van der Waals surface area contributed by atoms with Crippen molar-refractivity contribution in [2.24, 2.45) is 0 Å². The van der Waals surface area contributed by atoms with Gasteiger partial charge in [-0.3, -0.25) is 0 Å². The van der Waals surface area contributed by atoms with Crippen molar-refractivity contribution in [3.05, 3.63) is 64.2 Å². The van der Waals surface area contributed by atoms with Gasteiger partial charge in [0.15, 0.2) is 11.5 Å². The van der Waals surface area contributed by atoms with E-state index < -0.39 is 0 Å². The minimum absolute atomic E-state index is 0. The zero-order valence-electron chi connectivity index (χ0n) is 15.1. The number of hydrogen-bond acceptors (Lipinski definition) is 3. The van der Waals surface area contributed by atoms with Gasteiger partial charge in [-0.15, -0.1) is 12.4 Å². The Morgan fingerprint density at radius 1 is 1.12 bits per heavy atom. The number of rotatable bonds is 6. The Kier molecular flexibility index (Phi) is 7.83. The van der Waals surface area contributed by atoms with Gasteiger partial charge < -0.3 is 14.8 Å². The standard InChI is InChI=1S/C21H24ClNO2.ClH/c1-3-24-19-13-16-10-11-23-21(17(16)14-20(19)25-4-2)18(22)12-15-8-6-5-7-9-15;/h5-9,12-14,21,23H,3-4,10-11H2,1-2H3;1H. The van der Waals surface area contributed by atoms with Crippen molar-refractivity contribution in [1.82, 2.24) is 5.32 Å². The zero-order valence-corrected chi connectivity index (χ0v) is 16.7. The highest BCUT2D eigenvalue weighted by atomic mass is 35.5. The van der Waals surface area contributed by atoms with E-state index in [0.29, 0.717) is 13.2 Å². The molecule has 1 aliphatic rings. The molecule has 5 heteroatoms. The highest BCUT2D eigenvalue weighted by molar-refractivity contribution is 6.32. The SMILES string of the molecule is CCOc1cc2c(cc1OCC)C(C(Cl)=Cc1ccccc1)NCC2.Cl. The second kappa shape index (κ2) is 9.86. The predicted molar refractivity (Wildman–Crippen MR) is 111 cm³/mol. The van der Waals surface area contributed by atoms with Crippen LogP contribution in [0.15, 0.2) is 47.5 Å². The first kappa shape index (κ1) is 20.6. The number of halogens is 2. The van der Waals surface area contributed by atoms with E-state index in [2.05, 4.69) is 29.6 Å². The van der Waals surface area contributed by atoms with Crippen molar-refractivity contribution in [2.75, 3.05) is 19.8 Å². The molecule has 0 spiro atoms. The molecule has 3 rings (SSSR count). The summed E-state index contributed by atoms with van der Waals surface area (Å²) < 4.78 is 11.5. The topological polar surface area (TPSA) is 30.5 Å². The number of hydrogen-bond donors (Lipinski definition) is 1. The number of nitrogens with one attached hydrogen (secondary N) is 1. The van der Waals surface area contributed by atoms with Gasteiger partial charge in [0, 0.05) is 11.6 Å². The fourth-order valence-corrected chi connectivity index (χ4v) is 3.46. The van der Waals surface area contributed by atoms with Crippen LogP contribution in [0.3, 0.4) is 0 Å². The summed E-state index contributed by atoms with van der Waals surface area (Å²) in [6.07, 6.45) is 2.97. The van der Waals surface area contributed by atoms with Gasteiger partial charge in [0.25, 0.3) is 0 Å². The van der Waals surface area contributed by atoms with Gasteiger partial charge in [0.05, 0.1) is 19.3 Å². The third-order valence-electron chi connectivity index (χ3n) is 4.24. The predicted octanol–water partition coefficient (Wildman–Crippen LogP) is 5.37. The first-order chi connectivity index (χ1) is 12.2. The molecular weight excluding hydrogens is 369 g/mol. The first-order valence-electron chi connectivity index (χ1n) is 8.80. The fourth-order valence-electron chi connectivity index (χ4n) is 3.14.